The van der Waals surface area contributed by atoms with Crippen LogP contribution < -0.4 is 0 Å². The van der Waals surface area contributed by atoms with Crippen molar-refractivity contribution < 1.29 is 10.2 Å². The van der Waals surface area contributed by atoms with Crippen molar-refractivity contribution in [2.24, 2.45) is 5.92 Å². The first-order valence-corrected chi connectivity index (χ1v) is 8.62. The van der Waals surface area contributed by atoms with E-state index in [-0.39, 0.29) is 12.6 Å². The minimum Gasteiger partial charge on any atom is -0.396 e. The van der Waals surface area contributed by atoms with Crippen molar-refractivity contribution in [1.29, 1.82) is 0 Å². The third-order valence-corrected chi connectivity index (χ3v) is 7.58. The molecule has 19 heavy (non-hydrogen) atoms. The summed E-state index contributed by atoms with van der Waals surface area (Å²) < 4.78 is 1.01. The van der Waals surface area contributed by atoms with E-state index in [1.54, 1.807) is 4.57 Å². The average molecular weight is 524 g/mol. The Balaban J connectivity index is 2.81. The zero-order valence-corrected chi connectivity index (χ0v) is 16.2. The monoisotopic (exact) mass is 521 g/mol. The summed E-state index contributed by atoms with van der Waals surface area (Å²) in [5, 5.41) is 21.0. The van der Waals surface area contributed by atoms with Crippen LogP contribution in [0.5, 0.6) is 0 Å². The van der Waals surface area contributed by atoms with Crippen LogP contribution in [0.25, 0.3) is 0 Å². The Morgan fingerprint density at radius 1 is 1.47 bits per heavy atom. The fourth-order valence-electron chi connectivity index (χ4n) is 2.57. The van der Waals surface area contributed by atoms with E-state index in [0.717, 1.165) is 0 Å². The van der Waals surface area contributed by atoms with Crippen LogP contribution in [-0.4, -0.2) is 25.2 Å². The Hall–Kier alpha value is 1.57. The zero-order valence-electron chi connectivity index (χ0n) is 9.47. The van der Waals surface area contributed by atoms with E-state index in [2.05, 4.69) is 15.9 Å². The molecule has 2 heterocycles. The third-order valence-electron chi connectivity index (χ3n) is 3.55. The van der Waals surface area contributed by atoms with Crippen LogP contribution in [0.2, 0.25) is 5.15 Å². The highest BCUT2D eigenvalue weighted by Gasteiger charge is 2.62. The summed E-state index contributed by atoms with van der Waals surface area (Å²) in [4.78, 5) is 0. The predicted molar refractivity (Wildman–Crippen MR) is 89.3 cm³/mol. The lowest BCUT2D eigenvalue weighted by atomic mass is 9.85. The van der Waals surface area contributed by atoms with Gasteiger partial charge in [0.2, 0.25) is 3.79 Å². The molecule has 0 unspecified atom stereocenters. The van der Waals surface area contributed by atoms with Crippen LogP contribution in [0.1, 0.15) is 18.7 Å². The number of hydrogen-bond acceptors (Lipinski definition) is 2. The largest absolute Gasteiger partial charge is 0.396 e. The molecule has 0 aromatic carbocycles. The van der Waals surface area contributed by atoms with E-state index in [1.807, 2.05) is 29.5 Å². The number of rotatable bonds is 1. The van der Waals surface area contributed by atoms with Crippen molar-refractivity contribution in [2.75, 3.05) is 6.61 Å². The molecule has 3 atom stereocenters. The molecule has 1 aliphatic heterocycles. The number of hydrogen-bond donors (Lipinski definition) is 2. The van der Waals surface area contributed by atoms with Gasteiger partial charge in [-0.15, -0.1) is 0 Å². The Morgan fingerprint density at radius 2 is 2.00 bits per heavy atom. The van der Waals surface area contributed by atoms with Crippen LogP contribution in [-0.2, 0) is 5.60 Å². The van der Waals surface area contributed by atoms with E-state index >= 15 is 0 Å². The smallest absolute Gasteiger partial charge is 0.224 e. The average Bonchev–Trinajstić information content (AvgIpc) is 2.66. The summed E-state index contributed by atoms with van der Waals surface area (Å²) in [6, 6.07) is -0.298. The van der Waals surface area contributed by atoms with Crippen LogP contribution in [0, 0.1) is 9.49 Å². The first-order chi connectivity index (χ1) is 8.59. The quantitative estimate of drug-likeness (QED) is 0.427. The number of alkyl halides is 3. The Kier molecular flexibility index (Phi) is 4.75. The van der Waals surface area contributed by atoms with Crippen LogP contribution in [0.4, 0.5) is 0 Å². The molecule has 1 aromatic rings. The second kappa shape index (κ2) is 5.33. The zero-order chi connectivity index (χ0) is 14.7. The fourth-order valence-corrected chi connectivity index (χ4v) is 5.06. The summed E-state index contributed by atoms with van der Waals surface area (Å²) in [5.41, 5.74) is -1.39. The van der Waals surface area contributed by atoms with Crippen LogP contribution >= 0.6 is 84.9 Å². The maximum absolute atomic E-state index is 11.0. The van der Waals surface area contributed by atoms with Crippen molar-refractivity contribution >= 4 is 84.9 Å². The van der Waals surface area contributed by atoms with Gasteiger partial charge in [-0.05, 0) is 45.4 Å². The van der Waals surface area contributed by atoms with Crippen molar-refractivity contribution in [3.8, 4) is 0 Å². The van der Waals surface area contributed by atoms with Gasteiger partial charge in [-0.2, -0.15) is 0 Å². The highest BCUT2D eigenvalue weighted by atomic mass is 127. The Morgan fingerprint density at radius 3 is 2.42 bits per heavy atom. The van der Waals surface area contributed by atoms with Gasteiger partial charge in [-0.25, -0.2) is 0 Å². The minimum absolute atomic E-state index is 0.298. The van der Waals surface area contributed by atoms with Gasteiger partial charge in [0.15, 0.2) is 5.60 Å². The third kappa shape index (κ3) is 2.19. The van der Waals surface area contributed by atoms with E-state index in [9.17, 15) is 10.2 Å². The van der Waals surface area contributed by atoms with Crippen LogP contribution in [0.3, 0.4) is 0 Å². The van der Waals surface area contributed by atoms with E-state index < -0.39 is 15.3 Å². The topological polar surface area (TPSA) is 45.4 Å². The molecule has 108 valence electrons. The molecular weight excluding hydrogens is 515 g/mol. The fraction of sp³-hybridized carbons (Fsp3) is 0.600. The maximum Gasteiger partial charge on any atom is 0.224 e. The highest BCUT2D eigenvalue weighted by molar-refractivity contribution is 14.1. The first kappa shape index (κ1) is 16.9. The lowest BCUT2D eigenvalue weighted by Crippen LogP contribution is -2.46. The lowest BCUT2D eigenvalue weighted by Gasteiger charge is -2.36. The number of fused-ring (bicyclic) bond motifs is 1. The summed E-state index contributed by atoms with van der Waals surface area (Å²) in [6.45, 7) is 1.49. The van der Waals surface area contributed by atoms with Crippen molar-refractivity contribution in [2.45, 2.75) is 22.4 Å². The molecule has 9 heteroatoms. The SMILES string of the molecule is C[C@@H]1[C@@H](CO)[C@](O)(C(Cl)(Cl)Cl)c2c(I)c(Br)c(Cl)n21. The van der Waals surface area contributed by atoms with E-state index in [1.165, 1.54) is 0 Å². The van der Waals surface area contributed by atoms with Gasteiger partial charge < -0.3 is 14.8 Å². The molecule has 0 amide bonds. The maximum atomic E-state index is 11.0. The summed E-state index contributed by atoms with van der Waals surface area (Å²) in [6.07, 6.45) is 0. The molecule has 2 N–H and O–H groups in total. The number of nitrogens with zero attached hydrogens (tertiary/aromatic N) is 1. The Labute approximate surface area is 152 Å². The van der Waals surface area contributed by atoms with Crippen molar-refractivity contribution in [3.05, 3.63) is 18.9 Å². The molecule has 0 spiro atoms. The molecular formula is C10H9BrCl4INO2. The second-order valence-electron chi connectivity index (χ2n) is 4.43. The van der Waals surface area contributed by atoms with E-state index in [4.69, 9.17) is 46.4 Å². The van der Waals surface area contributed by atoms with E-state index in [0.29, 0.717) is 18.9 Å². The number of halogens is 6. The van der Waals surface area contributed by atoms with Gasteiger partial charge in [-0.1, -0.05) is 46.4 Å². The molecule has 0 saturated heterocycles. The molecule has 0 radical (unpaired) electrons. The lowest BCUT2D eigenvalue weighted by molar-refractivity contribution is -0.0381. The van der Waals surface area contributed by atoms with Crippen molar-refractivity contribution in [1.82, 2.24) is 4.57 Å². The minimum atomic E-state index is -1.98. The number of aliphatic hydroxyl groups excluding tert-OH is 1. The Bertz CT molecular complexity index is 533. The number of aromatic nitrogens is 1. The molecule has 2 rings (SSSR count). The predicted octanol–water partition coefficient (Wildman–Crippen LogP) is 4.25. The molecule has 1 aliphatic rings. The molecule has 0 aliphatic carbocycles. The highest BCUT2D eigenvalue weighted by Crippen LogP contribution is 2.60. The summed E-state index contributed by atoms with van der Waals surface area (Å²) >= 11 is 29.5. The van der Waals surface area contributed by atoms with Gasteiger partial charge in [0, 0.05) is 12.0 Å². The van der Waals surface area contributed by atoms with Crippen molar-refractivity contribution in [3.63, 3.8) is 0 Å². The molecule has 0 saturated carbocycles. The molecule has 3 nitrogen and oxygen atoms in total. The standard InChI is InChI=1S/C10H9BrCl4INO2/c1-3-4(2-18)9(19,10(13,14)15)7-6(16)5(11)8(12)17(3)7/h3-4,18-19H,2H2,1H3/t3-,4-,9-/m1/s1. The molecule has 1 aromatic heterocycles. The second-order valence-corrected chi connectivity index (χ2v) is 8.94. The first-order valence-electron chi connectivity index (χ1n) is 5.24. The molecule has 0 bridgehead atoms. The van der Waals surface area contributed by atoms with Gasteiger partial charge in [-0.3, -0.25) is 0 Å². The molecule has 0 fully saturated rings. The van der Waals surface area contributed by atoms with Crippen LogP contribution in [0.15, 0.2) is 4.47 Å². The van der Waals surface area contributed by atoms with Gasteiger partial charge >= 0.3 is 0 Å². The van der Waals surface area contributed by atoms with Gasteiger partial charge in [0.1, 0.15) is 5.15 Å². The van der Waals surface area contributed by atoms with Gasteiger partial charge in [0.25, 0.3) is 0 Å². The van der Waals surface area contributed by atoms with Gasteiger partial charge in [0.05, 0.1) is 20.3 Å². The summed E-state index contributed by atoms with van der Waals surface area (Å²) in [7, 11) is 0. The number of aliphatic hydroxyl groups is 2. The normalized spacial score (nSPS) is 30.8. The summed E-state index contributed by atoms with van der Waals surface area (Å²) in [5.74, 6) is -0.658.